The largest absolute Gasteiger partial charge is 0.573 e. The van der Waals surface area contributed by atoms with Gasteiger partial charge in [0, 0.05) is 13.1 Å². The summed E-state index contributed by atoms with van der Waals surface area (Å²) in [6.45, 7) is 6.21. The third kappa shape index (κ3) is 8.46. The van der Waals surface area contributed by atoms with Gasteiger partial charge in [0.25, 0.3) is 5.91 Å². The van der Waals surface area contributed by atoms with Gasteiger partial charge in [-0.25, -0.2) is 4.39 Å². The Kier molecular flexibility index (Phi) is 9.06. The van der Waals surface area contributed by atoms with Gasteiger partial charge in [0.15, 0.2) is 5.82 Å². The second-order valence-electron chi connectivity index (χ2n) is 9.94. The molecule has 0 spiro atoms. The Labute approximate surface area is 227 Å². The van der Waals surface area contributed by atoms with Crippen molar-refractivity contribution in [1.82, 2.24) is 4.90 Å². The first kappa shape index (κ1) is 30.5. The lowest BCUT2D eigenvalue weighted by Crippen LogP contribution is -2.37. The molecule has 210 valence electrons. The van der Waals surface area contributed by atoms with Gasteiger partial charge >= 0.3 is 12.5 Å². The van der Waals surface area contributed by atoms with Crippen molar-refractivity contribution in [3.05, 3.63) is 93.8 Å². The molecule has 0 heterocycles. The first-order chi connectivity index (χ1) is 17.9. The first-order valence-electron chi connectivity index (χ1n) is 11.7. The number of hydrogen-bond donors (Lipinski definition) is 0. The minimum atomic E-state index is -4.90. The standard InChI is InChI=1S/C27H25ClF7NO2Si/c1-39(2,3)21-9-7-18(8-10-21)16-36(12-11-17-5-4-6-20(13-17)38-27(33,34)35)25(37)22-14-19(26(30,31)32)15-23(28)24(22)29/h4-10,13-15H,11-12,16H2,1-3H3. The Bertz CT molecular complexity index is 1320. The fourth-order valence-electron chi connectivity index (χ4n) is 3.82. The van der Waals surface area contributed by atoms with Crippen LogP contribution < -0.4 is 9.92 Å². The molecule has 12 heteroatoms. The fraction of sp³-hybridized carbons (Fsp3) is 0.296. The third-order valence-electron chi connectivity index (χ3n) is 5.87. The average Bonchev–Trinajstić information content (AvgIpc) is 2.81. The van der Waals surface area contributed by atoms with Crippen LogP contribution in [0, 0.1) is 5.82 Å². The van der Waals surface area contributed by atoms with Crippen molar-refractivity contribution in [2.45, 2.75) is 45.1 Å². The molecule has 0 N–H and O–H groups in total. The van der Waals surface area contributed by atoms with Gasteiger partial charge in [0.2, 0.25) is 0 Å². The number of rotatable bonds is 8. The average molecular weight is 592 g/mol. The molecule has 0 fully saturated rings. The van der Waals surface area contributed by atoms with E-state index in [1.54, 1.807) is 12.1 Å². The molecule has 0 aromatic heterocycles. The fourth-order valence-corrected chi connectivity index (χ4v) is 5.21. The maximum atomic E-state index is 14.8. The van der Waals surface area contributed by atoms with Crippen LogP contribution in [0.2, 0.25) is 24.7 Å². The molecule has 0 bridgehead atoms. The summed E-state index contributed by atoms with van der Waals surface area (Å²) in [5.41, 5.74) is -1.14. The van der Waals surface area contributed by atoms with Gasteiger partial charge in [-0.2, -0.15) is 13.2 Å². The van der Waals surface area contributed by atoms with Crippen molar-refractivity contribution in [1.29, 1.82) is 0 Å². The number of nitrogens with zero attached hydrogens (tertiary/aromatic N) is 1. The summed E-state index contributed by atoms with van der Waals surface area (Å²) in [4.78, 5) is 14.5. The zero-order chi connectivity index (χ0) is 29.2. The molecule has 39 heavy (non-hydrogen) atoms. The van der Waals surface area contributed by atoms with E-state index < -0.39 is 54.2 Å². The molecule has 0 aliphatic rings. The molecule has 3 aromatic rings. The van der Waals surface area contributed by atoms with Gasteiger partial charge in [-0.3, -0.25) is 4.79 Å². The smallest absolute Gasteiger partial charge is 0.406 e. The molecule has 0 aliphatic heterocycles. The van der Waals surface area contributed by atoms with E-state index in [2.05, 4.69) is 24.4 Å². The van der Waals surface area contributed by atoms with E-state index in [0.29, 0.717) is 23.3 Å². The molecule has 0 radical (unpaired) electrons. The van der Waals surface area contributed by atoms with E-state index in [1.807, 2.05) is 12.1 Å². The van der Waals surface area contributed by atoms with Crippen molar-refractivity contribution < 1.29 is 40.3 Å². The Morgan fingerprint density at radius 3 is 2.13 bits per heavy atom. The molecule has 0 atom stereocenters. The van der Waals surface area contributed by atoms with Gasteiger partial charge < -0.3 is 9.64 Å². The highest BCUT2D eigenvalue weighted by Gasteiger charge is 2.34. The maximum Gasteiger partial charge on any atom is 0.573 e. The zero-order valence-electron chi connectivity index (χ0n) is 21.2. The first-order valence-corrected chi connectivity index (χ1v) is 15.6. The predicted octanol–water partition coefficient (Wildman–Crippen LogP) is 7.83. The molecule has 3 aromatic carbocycles. The van der Waals surface area contributed by atoms with Gasteiger partial charge in [-0.05, 0) is 41.8 Å². The van der Waals surface area contributed by atoms with E-state index in [0.717, 1.165) is 22.2 Å². The maximum absolute atomic E-state index is 14.8. The normalized spacial score (nSPS) is 12.4. The van der Waals surface area contributed by atoms with Crippen LogP contribution in [0.3, 0.4) is 0 Å². The highest BCUT2D eigenvalue weighted by atomic mass is 35.5. The lowest BCUT2D eigenvalue weighted by atomic mass is 10.1. The number of carbonyl (C=O) groups is 1. The van der Waals surface area contributed by atoms with Gasteiger partial charge in [-0.15, -0.1) is 13.2 Å². The lowest BCUT2D eigenvalue weighted by Gasteiger charge is -2.25. The number of amides is 1. The Morgan fingerprint density at radius 1 is 0.923 bits per heavy atom. The number of benzene rings is 3. The van der Waals surface area contributed by atoms with Crippen LogP contribution in [0.5, 0.6) is 5.75 Å². The summed E-state index contributed by atoms with van der Waals surface area (Å²) < 4.78 is 96.6. The van der Waals surface area contributed by atoms with E-state index in [4.69, 9.17) is 11.6 Å². The SMILES string of the molecule is C[Si](C)(C)c1ccc(CN(CCc2cccc(OC(F)(F)F)c2)C(=O)c2cc(C(F)(F)F)cc(Cl)c2F)cc1. The number of hydrogen-bond acceptors (Lipinski definition) is 2. The molecule has 0 saturated carbocycles. The second kappa shape index (κ2) is 11.6. The summed E-state index contributed by atoms with van der Waals surface area (Å²) >= 11 is 5.69. The van der Waals surface area contributed by atoms with Crippen LogP contribution in [-0.2, 0) is 19.1 Å². The van der Waals surface area contributed by atoms with Crippen LogP contribution in [0.4, 0.5) is 30.7 Å². The minimum absolute atomic E-state index is 0.0160. The van der Waals surface area contributed by atoms with Crippen LogP contribution in [-0.4, -0.2) is 31.8 Å². The lowest BCUT2D eigenvalue weighted by molar-refractivity contribution is -0.274. The summed E-state index contributed by atoms with van der Waals surface area (Å²) in [5.74, 6) is -2.80. The van der Waals surface area contributed by atoms with Crippen LogP contribution >= 0.6 is 11.6 Å². The molecule has 1 amide bonds. The molecule has 0 saturated heterocycles. The van der Waals surface area contributed by atoms with Crippen molar-refractivity contribution >= 4 is 30.8 Å². The monoisotopic (exact) mass is 591 g/mol. The van der Waals surface area contributed by atoms with Crippen LogP contribution in [0.1, 0.15) is 27.0 Å². The zero-order valence-corrected chi connectivity index (χ0v) is 22.9. The molecule has 3 rings (SSSR count). The molecule has 3 nitrogen and oxygen atoms in total. The van der Waals surface area contributed by atoms with E-state index >= 15 is 0 Å². The molecular formula is C27H25ClF7NO2Si. The third-order valence-corrected chi connectivity index (χ3v) is 8.21. The van der Waals surface area contributed by atoms with E-state index in [1.165, 1.54) is 12.1 Å². The number of halogens is 8. The number of carbonyl (C=O) groups excluding carboxylic acids is 1. The van der Waals surface area contributed by atoms with Crippen molar-refractivity contribution in [2.24, 2.45) is 0 Å². The molecule has 0 aliphatic carbocycles. The Balaban J connectivity index is 1.95. The van der Waals surface area contributed by atoms with Crippen molar-refractivity contribution in [2.75, 3.05) is 6.54 Å². The second-order valence-corrected chi connectivity index (χ2v) is 15.4. The number of alkyl halides is 6. The predicted molar refractivity (Wildman–Crippen MR) is 137 cm³/mol. The Morgan fingerprint density at radius 2 is 1.56 bits per heavy atom. The highest BCUT2D eigenvalue weighted by Crippen LogP contribution is 2.34. The highest BCUT2D eigenvalue weighted by molar-refractivity contribution is 6.88. The quantitative estimate of drug-likeness (QED) is 0.197. The Hall–Kier alpha value is -3.05. The topological polar surface area (TPSA) is 29.5 Å². The van der Waals surface area contributed by atoms with Crippen LogP contribution in [0.25, 0.3) is 0 Å². The van der Waals surface area contributed by atoms with Gasteiger partial charge in [-0.1, -0.05) is 72.8 Å². The van der Waals surface area contributed by atoms with Gasteiger partial charge in [0.05, 0.1) is 24.2 Å². The van der Waals surface area contributed by atoms with Crippen molar-refractivity contribution in [3.63, 3.8) is 0 Å². The van der Waals surface area contributed by atoms with Crippen LogP contribution in [0.15, 0.2) is 60.7 Å². The minimum Gasteiger partial charge on any atom is -0.406 e. The van der Waals surface area contributed by atoms with E-state index in [9.17, 15) is 35.5 Å². The molecular weight excluding hydrogens is 567 g/mol. The van der Waals surface area contributed by atoms with Crippen molar-refractivity contribution in [3.8, 4) is 5.75 Å². The summed E-state index contributed by atoms with van der Waals surface area (Å²) in [6, 6.07) is 13.3. The summed E-state index contributed by atoms with van der Waals surface area (Å²) in [7, 11) is -1.63. The number of ether oxygens (including phenoxy) is 1. The summed E-state index contributed by atoms with van der Waals surface area (Å²) in [6.07, 6.45) is -9.76. The van der Waals surface area contributed by atoms with E-state index in [-0.39, 0.29) is 19.5 Å². The molecule has 0 unspecified atom stereocenters. The van der Waals surface area contributed by atoms with Gasteiger partial charge in [0.1, 0.15) is 5.75 Å². The summed E-state index contributed by atoms with van der Waals surface area (Å²) in [5, 5.41) is 0.283.